The van der Waals surface area contributed by atoms with Crippen LogP contribution < -0.4 is 9.92 Å². The normalized spacial score (nSPS) is 20.6. The van der Waals surface area contributed by atoms with Gasteiger partial charge in [0, 0.05) is 5.02 Å². The van der Waals surface area contributed by atoms with Gasteiger partial charge in [-0.15, -0.1) is 0 Å². The lowest BCUT2D eigenvalue weighted by atomic mass is 9.96. The van der Waals surface area contributed by atoms with E-state index in [1.54, 1.807) is 12.3 Å². The Kier molecular flexibility index (Phi) is 4.41. The molecule has 1 nitrogen and oxygen atoms in total. The summed E-state index contributed by atoms with van der Waals surface area (Å²) in [7, 11) is -0.112. The summed E-state index contributed by atoms with van der Waals surface area (Å²) < 4.78 is 5.42. The molecule has 5 rings (SSSR count). The van der Waals surface area contributed by atoms with Gasteiger partial charge in [-0.3, -0.25) is 0 Å². The number of hydrogen-bond donors (Lipinski definition) is 0. The van der Waals surface area contributed by atoms with E-state index in [1.165, 1.54) is 46.0 Å². The Bertz CT molecular complexity index is 1070. The highest BCUT2D eigenvalue weighted by Gasteiger charge is 2.48. The summed E-state index contributed by atoms with van der Waals surface area (Å²) in [4.78, 5) is 0. The molecule has 0 amide bonds. The molecule has 3 aromatic rings. The molecular formula is C25H23ClOSi. The van der Waals surface area contributed by atoms with Crippen molar-refractivity contribution in [2.24, 2.45) is 0 Å². The minimum absolute atomic E-state index is 0.819. The highest BCUT2D eigenvalue weighted by atomic mass is 35.5. The van der Waals surface area contributed by atoms with Crippen molar-refractivity contribution in [1.82, 2.24) is 0 Å². The molecule has 2 aliphatic heterocycles. The standard InChI is InChI=1S/C25H23ClOSi/c1-27-21-11-13-22(14-12-21)28-15-5-10-23(18-7-4-8-20(26)16-18)25(28)24-9-3-2-6-19(24)17-28/h2-4,6-9,11-14,16H,5,10,15,17H2,1H3/t28-/m1/s1. The topological polar surface area (TPSA) is 9.23 Å². The van der Waals surface area contributed by atoms with E-state index in [0.29, 0.717) is 0 Å². The monoisotopic (exact) mass is 402 g/mol. The van der Waals surface area contributed by atoms with Crippen molar-refractivity contribution in [1.29, 1.82) is 0 Å². The van der Waals surface area contributed by atoms with Crippen LogP contribution in [-0.4, -0.2) is 15.2 Å². The lowest BCUT2D eigenvalue weighted by Crippen LogP contribution is -2.50. The lowest BCUT2D eigenvalue weighted by Gasteiger charge is -2.36. The second-order valence-corrected chi connectivity index (χ2v) is 12.4. The number of ether oxygens (including phenoxy) is 1. The van der Waals surface area contributed by atoms with Crippen LogP contribution in [0.4, 0.5) is 0 Å². The molecule has 3 heteroatoms. The van der Waals surface area contributed by atoms with Crippen LogP contribution in [0.15, 0.2) is 72.8 Å². The molecule has 0 bridgehead atoms. The number of fused-ring (bicyclic) bond motifs is 3. The van der Waals surface area contributed by atoms with E-state index < -0.39 is 8.07 Å². The fourth-order valence-electron chi connectivity index (χ4n) is 5.21. The molecule has 3 aromatic carbocycles. The van der Waals surface area contributed by atoms with Crippen LogP contribution in [0, 0.1) is 0 Å². The number of methoxy groups -OCH3 is 1. The van der Waals surface area contributed by atoms with E-state index in [0.717, 1.165) is 17.2 Å². The number of benzene rings is 3. The number of halogens is 1. The first-order valence-electron chi connectivity index (χ1n) is 9.94. The van der Waals surface area contributed by atoms with Gasteiger partial charge in [0.15, 0.2) is 0 Å². The second-order valence-electron chi connectivity index (χ2n) is 7.86. The molecule has 140 valence electrons. The van der Waals surface area contributed by atoms with Gasteiger partial charge >= 0.3 is 0 Å². The Morgan fingerprint density at radius 3 is 2.54 bits per heavy atom. The lowest BCUT2D eigenvalue weighted by molar-refractivity contribution is 0.415. The molecule has 2 aliphatic rings. The van der Waals surface area contributed by atoms with Crippen molar-refractivity contribution in [3.8, 4) is 5.75 Å². The van der Waals surface area contributed by atoms with Gasteiger partial charge in [0.05, 0.1) is 7.11 Å². The summed E-state index contributed by atoms with van der Waals surface area (Å²) in [6.45, 7) is 0. The first-order valence-corrected chi connectivity index (χ1v) is 12.7. The van der Waals surface area contributed by atoms with Crippen molar-refractivity contribution < 1.29 is 4.74 Å². The van der Waals surface area contributed by atoms with Crippen LogP contribution in [0.25, 0.3) is 10.8 Å². The molecule has 1 atom stereocenters. The van der Waals surface area contributed by atoms with Crippen LogP contribution in [0.1, 0.15) is 29.5 Å². The van der Waals surface area contributed by atoms with Crippen LogP contribution in [0.3, 0.4) is 0 Å². The van der Waals surface area contributed by atoms with Crippen molar-refractivity contribution in [3.63, 3.8) is 0 Å². The highest BCUT2D eigenvalue weighted by molar-refractivity contribution is 7.08. The Morgan fingerprint density at radius 2 is 1.75 bits per heavy atom. The Morgan fingerprint density at radius 1 is 0.929 bits per heavy atom. The van der Waals surface area contributed by atoms with Gasteiger partial charge in [0.25, 0.3) is 0 Å². The minimum Gasteiger partial charge on any atom is -0.497 e. The third-order valence-corrected chi connectivity index (χ3v) is 11.8. The molecule has 0 saturated carbocycles. The van der Waals surface area contributed by atoms with Gasteiger partial charge in [-0.05, 0) is 70.2 Å². The minimum atomic E-state index is -1.85. The van der Waals surface area contributed by atoms with Crippen LogP contribution >= 0.6 is 11.6 Å². The summed E-state index contributed by atoms with van der Waals surface area (Å²) in [5.74, 6) is 0.932. The summed E-state index contributed by atoms with van der Waals surface area (Å²) in [6.07, 6.45) is 2.38. The summed E-state index contributed by atoms with van der Waals surface area (Å²) in [5.41, 5.74) is 5.80. The highest BCUT2D eigenvalue weighted by Crippen LogP contribution is 2.50. The zero-order valence-corrected chi connectivity index (χ0v) is 17.8. The molecule has 0 fully saturated rings. The van der Waals surface area contributed by atoms with E-state index in [1.807, 2.05) is 6.07 Å². The van der Waals surface area contributed by atoms with Crippen molar-refractivity contribution >= 4 is 35.6 Å². The van der Waals surface area contributed by atoms with Crippen molar-refractivity contribution in [3.05, 3.63) is 94.5 Å². The van der Waals surface area contributed by atoms with Gasteiger partial charge in [0.2, 0.25) is 0 Å². The molecule has 0 aliphatic carbocycles. The average molecular weight is 403 g/mol. The zero-order valence-electron chi connectivity index (χ0n) is 16.0. The maximum absolute atomic E-state index is 6.37. The Hall–Kier alpha value is -2.29. The predicted octanol–water partition coefficient (Wildman–Crippen LogP) is 6.04. The summed E-state index contributed by atoms with van der Waals surface area (Å²) in [6, 6.07) is 28.9. The number of hydrogen-bond acceptors (Lipinski definition) is 1. The van der Waals surface area contributed by atoms with Gasteiger partial charge < -0.3 is 4.74 Å². The predicted molar refractivity (Wildman–Crippen MR) is 121 cm³/mol. The fourth-order valence-corrected chi connectivity index (χ4v) is 10.9. The van der Waals surface area contributed by atoms with E-state index in [4.69, 9.17) is 16.3 Å². The van der Waals surface area contributed by atoms with Gasteiger partial charge in [0.1, 0.15) is 13.8 Å². The van der Waals surface area contributed by atoms with Crippen LogP contribution in [0.2, 0.25) is 11.1 Å². The maximum atomic E-state index is 6.37. The average Bonchev–Trinajstić information content (AvgIpc) is 3.09. The maximum Gasteiger partial charge on any atom is 0.123 e. The molecule has 0 spiro atoms. The van der Waals surface area contributed by atoms with Crippen LogP contribution in [0.5, 0.6) is 5.75 Å². The summed E-state index contributed by atoms with van der Waals surface area (Å²) in [5, 5.41) is 3.99. The molecule has 28 heavy (non-hydrogen) atoms. The molecule has 0 saturated heterocycles. The first kappa shape index (κ1) is 17.8. The van der Waals surface area contributed by atoms with E-state index >= 15 is 0 Å². The van der Waals surface area contributed by atoms with Crippen molar-refractivity contribution in [2.75, 3.05) is 7.11 Å². The molecule has 0 N–H and O–H groups in total. The molecule has 0 radical (unpaired) electrons. The van der Waals surface area contributed by atoms with Gasteiger partial charge in [-0.1, -0.05) is 71.7 Å². The largest absolute Gasteiger partial charge is 0.497 e. The Balaban J connectivity index is 1.77. The van der Waals surface area contributed by atoms with Gasteiger partial charge in [-0.25, -0.2) is 0 Å². The van der Waals surface area contributed by atoms with E-state index in [2.05, 4.69) is 66.7 Å². The zero-order chi connectivity index (χ0) is 19.1. The molecule has 2 heterocycles. The van der Waals surface area contributed by atoms with Crippen LogP contribution in [-0.2, 0) is 6.04 Å². The molecule has 0 aromatic heterocycles. The third-order valence-electron chi connectivity index (χ3n) is 6.41. The third kappa shape index (κ3) is 2.75. The SMILES string of the molecule is COc1ccc([Si@]23CCCC(c4cccc(Cl)c4)=C2c2ccccc2C3)cc1. The first-order chi connectivity index (χ1) is 13.7. The fraction of sp³-hybridized carbons (Fsp3) is 0.200. The molecule has 0 unspecified atom stereocenters. The van der Waals surface area contributed by atoms with E-state index in [9.17, 15) is 0 Å². The van der Waals surface area contributed by atoms with Crippen molar-refractivity contribution in [2.45, 2.75) is 24.9 Å². The quantitative estimate of drug-likeness (QED) is 0.485. The molecular weight excluding hydrogens is 380 g/mol. The Labute approximate surface area is 172 Å². The number of allylic oxidation sites excluding steroid dienone is 1. The smallest absolute Gasteiger partial charge is 0.123 e. The van der Waals surface area contributed by atoms with Gasteiger partial charge in [-0.2, -0.15) is 0 Å². The number of rotatable bonds is 3. The summed E-state index contributed by atoms with van der Waals surface area (Å²) >= 11 is 6.37. The second kappa shape index (κ2) is 6.95. The van der Waals surface area contributed by atoms with E-state index in [-0.39, 0.29) is 0 Å².